The molecule has 11 heteroatoms. The maximum Gasteiger partial charge on any atom is 0.407 e. The number of anilines is 1. The SMILES string of the molecule is CN(C)C(=O)/C=C/CC[C@@H](CN(C)C(=O)O)C(=O)Nc1cccn(Cc2cc3cc(F)ccc3[nH]2)c1=O. The molecule has 0 fully saturated rings. The van der Waals surface area contributed by atoms with Crippen molar-refractivity contribution in [3.05, 3.63) is 76.6 Å². The van der Waals surface area contributed by atoms with Gasteiger partial charge < -0.3 is 29.8 Å². The van der Waals surface area contributed by atoms with E-state index in [0.717, 1.165) is 10.4 Å². The lowest BCUT2D eigenvalue weighted by atomic mass is 10.0. The van der Waals surface area contributed by atoms with Crippen molar-refractivity contribution in [1.82, 2.24) is 19.4 Å². The highest BCUT2D eigenvalue weighted by molar-refractivity contribution is 5.92. The quantitative estimate of drug-likeness (QED) is 0.361. The number of halogens is 1. The first-order valence-corrected chi connectivity index (χ1v) is 11.6. The zero-order valence-electron chi connectivity index (χ0n) is 20.9. The number of hydrogen-bond acceptors (Lipinski definition) is 4. The highest BCUT2D eigenvalue weighted by Crippen LogP contribution is 2.18. The van der Waals surface area contributed by atoms with Crippen molar-refractivity contribution in [3.63, 3.8) is 0 Å². The fraction of sp³-hybridized carbons (Fsp3) is 0.308. The normalized spacial score (nSPS) is 12.0. The standard InChI is InChI=1S/C26H30FN5O5/c1-30(2)23(33)9-5-4-7-17(15-31(3)26(36)37)24(34)29-22-8-6-12-32(25(22)35)16-20-14-18-13-19(27)10-11-21(18)28-20/h5-6,8-14,17,28H,4,7,15-16H2,1-3H3,(H,29,34)(H,36,37)/b9-5+/t17-/m0/s1. The Hall–Kier alpha value is -4.41. The van der Waals surface area contributed by atoms with Gasteiger partial charge in [0.05, 0.1) is 12.5 Å². The number of hydrogen-bond donors (Lipinski definition) is 3. The predicted molar refractivity (Wildman–Crippen MR) is 138 cm³/mol. The van der Waals surface area contributed by atoms with E-state index in [1.165, 1.54) is 40.8 Å². The van der Waals surface area contributed by atoms with Gasteiger partial charge in [-0.15, -0.1) is 0 Å². The molecular weight excluding hydrogens is 481 g/mol. The number of H-pyrrole nitrogens is 1. The number of nitrogens with zero attached hydrogens (tertiary/aromatic N) is 3. The summed E-state index contributed by atoms with van der Waals surface area (Å²) in [6.07, 6.45) is 4.05. The van der Waals surface area contributed by atoms with Crippen LogP contribution in [0.5, 0.6) is 0 Å². The first-order chi connectivity index (χ1) is 17.5. The number of rotatable bonds is 10. The minimum absolute atomic E-state index is 0.0518. The second-order valence-electron chi connectivity index (χ2n) is 8.94. The van der Waals surface area contributed by atoms with Gasteiger partial charge in [-0.25, -0.2) is 9.18 Å². The molecule has 1 aromatic carbocycles. The zero-order valence-corrected chi connectivity index (χ0v) is 20.9. The first-order valence-electron chi connectivity index (χ1n) is 11.6. The minimum atomic E-state index is -1.18. The molecular formula is C26H30FN5O5. The smallest absolute Gasteiger partial charge is 0.407 e. The zero-order chi connectivity index (χ0) is 27.1. The molecule has 3 rings (SSSR count). The molecule has 0 bridgehead atoms. The van der Waals surface area contributed by atoms with E-state index >= 15 is 0 Å². The molecule has 0 saturated heterocycles. The number of likely N-dealkylation sites (N-methyl/N-ethyl adjacent to an activating group) is 1. The third-order valence-electron chi connectivity index (χ3n) is 5.83. The summed E-state index contributed by atoms with van der Waals surface area (Å²) in [7, 11) is 4.60. The van der Waals surface area contributed by atoms with E-state index in [1.54, 1.807) is 44.6 Å². The van der Waals surface area contributed by atoms with Gasteiger partial charge in [-0.2, -0.15) is 0 Å². The number of aromatic nitrogens is 2. The summed E-state index contributed by atoms with van der Waals surface area (Å²) in [6, 6.07) is 9.21. The Bertz CT molecular complexity index is 1380. The lowest BCUT2D eigenvalue weighted by Gasteiger charge is -2.21. The summed E-state index contributed by atoms with van der Waals surface area (Å²) < 4.78 is 14.9. The van der Waals surface area contributed by atoms with Crippen LogP contribution in [0.1, 0.15) is 18.5 Å². The highest BCUT2D eigenvalue weighted by atomic mass is 19.1. The molecule has 10 nitrogen and oxygen atoms in total. The van der Waals surface area contributed by atoms with Crippen molar-refractivity contribution in [3.8, 4) is 0 Å². The van der Waals surface area contributed by atoms with Crippen molar-refractivity contribution in [2.75, 3.05) is 33.0 Å². The van der Waals surface area contributed by atoms with Crippen LogP contribution < -0.4 is 10.9 Å². The first kappa shape index (κ1) is 27.2. The van der Waals surface area contributed by atoms with Gasteiger partial charge in [0.2, 0.25) is 11.8 Å². The van der Waals surface area contributed by atoms with Crippen molar-refractivity contribution in [2.24, 2.45) is 5.92 Å². The van der Waals surface area contributed by atoms with Crippen LogP contribution in [0.4, 0.5) is 14.9 Å². The summed E-state index contributed by atoms with van der Waals surface area (Å²) in [5.74, 6) is -1.82. The van der Waals surface area contributed by atoms with Crippen molar-refractivity contribution >= 4 is 34.5 Å². The van der Waals surface area contributed by atoms with Gasteiger partial charge in [0.25, 0.3) is 5.56 Å². The highest BCUT2D eigenvalue weighted by Gasteiger charge is 2.23. The van der Waals surface area contributed by atoms with Crippen LogP contribution in [0.25, 0.3) is 10.9 Å². The van der Waals surface area contributed by atoms with Crippen molar-refractivity contribution in [1.29, 1.82) is 0 Å². The van der Waals surface area contributed by atoms with Crippen LogP contribution >= 0.6 is 0 Å². The van der Waals surface area contributed by atoms with Gasteiger partial charge in [0.1, 0.15) is 11.5 Å². The fourth-order valence-electron chi connectivity index (χ4n) is 3.77. The maximum atomic E-state index is 13.5. The predicted octanol–water partition coefficient (Wildman–Crippen LogP) is 3.11. The molecule has 0 aliphatic carbocycles. The molecule has 2 heterocycles. The van der Waals surface area contributed by atoms with Crippen LogP contribution in [0.3, 0.4) is 0 Å². The number of carbonyl (C=O) groups is 3. The van der Waals surface area contributed by atoms with E-state index in [-0.39, 0.29) is 36.9 Å². The van der Waals surface area contributed by atoms with E-state index in [4.69, 9.17) is 0 Å². The fourth-order valence-corrected chi connectivity index (χ4v) is 3.77. The van der Waals surface area contributed by atoms with Crippen molar-refractivity contribution in [2.45, 2.75) is 19.4 Å². The van der Waals surface area contributed by atoms with Crippen LogP contribution in [-0.2, 0) is 16.1 Å². The molecule has 196 valence electrons. The number of carbonyl (C=O) groups excluding carboxylic acids is 2. The number of aromatic amines is 1. The maximum absolute atomic E-state index is 13.5. The number of carboxylic acid groups (broad SMARTS) is 1. The summed E-state index contributed by atoms with van der Waals surface area (Å²) >= 11 is 0. The molecule has 3 amide bonds. The molecule has 37 heavy (non-hydrogen) atoms. The van der Waals surface area contributed by atoms with Crippen LogP contribution in [-0.4, -0.2) is 70.1 Å². The van der Waals surface area contributed by atoms with Gasteiger partial charge in [0.15, 0.2) is 0 Å². The summed E-state index contributed by atoms with van der Waals surface area (Å²) in [4.78, 5) is 54.7. The Labute approximate surface area is 213 Å². The average molecular weight is 512 g/mol. The topological polar surface area (TPSA) is 128 Å². The van der Waals surface area contributed by atoms with E-state index in [0.29, 0.717) is 17.5 Å². The molecule has 3 aromatic rings. The number of pyridine rings is 1. The van der Waals surface area contributed by atoms with Gasteiger partial charge in [-0.1, -0.05) is 6.08 Å². The average Bonchev–Trinajstić information content (AvgIpc) is 3.24. The Morgan fingerprint density at radius 3 is 2.65 bits per heavy atom. The lowest BCUT2D eigenvalue weighted by Crippen LogP contribution is -2.37. The van der Waals surface area contributed by atoms with Gasteiger partial charge >= 0.3 is 6.09 Å². The van der Waals surface area contributed by atoms with E-state index < -0.39 is 23.5 Å². The monoisotopic (exact) mass is 511 g/mol. The molecule has 1 atom stereocenters. The summed E-state index contributed by atoms with van der Waals surface area (Å²) in [5.41, 5.74) is 1.03. The molecule has 0 radical (unpaired) electrons. The second kappa shape index (κ2) is 12.0. The second-order valence-corrected chi connectivity index (χ2v) is 8.94. The Morgan fingerprint density at radius 1 is 1.19 bits per heavy atom. The van der Waals surface area contributed by atoms with Crippen LogP contribution in [0.2, 0.25) is 0 Å². The summed E-state index contributed by atoms with van der Waals surface area (Å²) in [6.45, 7) is 0.0952. The van der Waals surface area contributed by atoms with E-state index in [1.807, 2.05) is 0 Å². The third-order valence-corrected chi connectivity index (χ3v) is 5.83. The van der Waals surface area contributed by atoms with Crippen LogP contribution in [0.15, 0.2) is 59.5 Å². The van der Waals surface area contributed by atoms with E-state index in [2.05, 4.69) is 10.3 Å². The Kier molecular flexibility index (Phi) is 8.83. The number of amides is 3. The van der Waals surface area contributed by atoms with Gasteiger partial charge in [-0.3, -0.25) is 14.4 Å². The number of allylic oxidation sites excluding steroid dienone is 1. The largest absolute Gasteiger partial charge is 0.465 e. The molecule has 0 spiro atoms. The number of benzene rings is 1. The molecule has 0 unspecified atom stereocenters. The lowest BCUT2D eigenvalue weighted by molar-refractivity contribution is -0.123. The van der Waals surface area contributed by atoms with Gasteiger partial charge in [0, 0.05) is 50.5 Å². The van der Waals surface area contributed by atoms with Gasteiger partial charge in [-0.05, 0) is 55.3 Å². The van der Waals surface area contributed by atoms with Crippen molar-refractivity contribution < 1.29 is 23.9 Å². The van der Waals surface area contributed by atoms with E-state index in [9.17, 15) is 28.7 Å². The Balaban J connectivity index is 1.74. The van der Waals surface area contributed by atoms with Crippen LogP contribution in [0, 0.1) is 11.7 Å². The molecule has 3 N–H and O–H groups in total. The molecule has 2 aromatic heterocycles. The molecule has 0 aliphatic rings. The number of fused-ring (bicyclic) bond motifs is 1. The molecule has 0 aliphatic heterocycles. The molecule has 0 saturated carbocycles. The number of nitrogens with one attached hydrogen (secondary N) is 2. The Morgan fingerprint density at radius 2 is 1.95 bits per heavy atom. The summed E-state index contributed by atoms with van der Waals surface area (Å²) in [5, 5.41) is 12.6. The minimum Gasteiger partial charge on any atom is -0.465 e. The third kappa shape index (κ3) is 7.29.